The molecule has 1 saturated heterocycles. The molecule has 0 bridgehead atoms. The third kappa shape index (κ3) is 2.98. The number of carbonyl (C=O) groups is 1. The number of benzene rings is 1. The van der Waals surface area contributed by atoms with Crippen LogP contribution in [0.2, 0.25) is 5.02 Å². The SMILES string of the molecule is O=C(Nc1ccc(Cl)cc1)c1nnc([C@H]2CCCN2)s1. The number of amides is 1. The summed E-state index contributed by atoms with van der Waals surface area (Å²) < 4.78 is 0. The zero-order chi connectivity index (χ0) is 13.9. The van der Waals surface area contributed by atoms with E-state index in [0.717, 1.165) is 24.4 Å². The molecule has 5 nitrogen and oxygen atoms in total. The topological polar surface area (TPSA) is 66.9 Å². The third-order valence-electron chi connectivity index (χ3n) is 3.10. The van der Waals surface area contributed by atoms with Gasteiger partial charge in [0.25, 0.3) is 5.91 Å². The van der Waals surface area contributed by atoms with E-state index in [1.165, 1.54) is 11.3 Å². The van der Waals surface area contributed by atoms with Gasteiger partial charge in [0.15, 0.2) is 0 Å². The van der Waals surface area contributed by atoms with Gasteiger partial charge in [0.1, 0.15) is 5.01 Å². The highest BCUT2D eigenvalue weighted by Gasteiger charge is 2.22. The minimum Gasteiger partial charge on any atom is -0.320 e. The summed E-state index contributed by atoms with van der Waals surface area (Å²) in [6.07, 6.45) is 2.18. The second-order valence-electron chi connectivity index (χ2n) is 4.56. The van der Waals surface area contributed by atoms with Crippen LogP contribution in [-0.2, 0) is 0 Å². The van der Waals surface area contributed by atoms with Crippen molar-refractivity contribution in [3.63, 3.8) is 0 Å². The summed E-state index contributed by atoms with van der Waals surface area (Å²) in [4.78, 5) is 12.1. The molecule has 2 aromatic rings. The number of aromatic nitrogens is 2. The molecule has 1 aromatic carbocycles. The lowest BCUT2D eigenvalue weighted by atomic mass is 10.2. The van der Waals surface area contributed by atoms with Crippen molar-refractivity contribution in [3.8, 4) is 0 Å². The molecule has 1 amide bonds. The van der Waals surface area contributed by atoms with E-state index in [9.17, 15) is 4.79 Å². The highest BCUT2D eigenvalue weighted by molar-refractivity contribution is 7.13. The van der Waals surface area contributed by atoms with Gasteiger partial charge in [0.2, 0.25) is 5.01 Å². The highest BCUT2D eigenvalue weighted by atomic mass is 35.5. The lowest BCUT2D eigenvalue weighted by Crippen LogP contribution is -2.12. The van der Waals surface area contributed by atoms with Crippen molar-refractivity contribution < 1.29 is 4.79 Å². The fourth-order valence-electron chi connectivity index (χ4n) is 2.08. The van der Waals surface area contributed by atoms with Gasteiger partial charge in [-0.05, 0) is 43.7 Å². The Morgan fingerprint density at radius 2 is 2.15 bits per heavy atom. The third-order valence-corrected chi connectivity index (χ3v) is 4.38. The molecular weight excluding hydrogens is 296 g/mol. The van der Waals surface area contributed by atoms with Crippen LogP contribution in [0.25, 0.3) is 0 Å². The van der Waals surface area contributed by atoms with E-state index < -0.39 is 0 Å². The van der Waals surface area contributed by atoms with E-state index in [-0.39, 0.29) is 11.9 Å². The molecule has 1 aromatic heterocycles. The lowest BCUT2D eigenvalue weighted by Gasteiger charge is -2.03. The Kier molecular flexibility index (Phi) is 3.95. The Morgan fingerprint density at radius 3 is 2.85 bits per heavy atom. The molecule has 1 fully saturated rings. The quantitative estimate of drug-likeness (QED) is 0.915. The molecule has 1 atom stereocenters. The van der Waals surface area contributed by atoms with Crippen LogP contribution >= 0.6 is 22.9 Å². The molecule has 1 aliphatic heterocycles. The molecule has 0 unspecified atom stereocenters. The molecular formula is C13H13ClN4OS. The van der Waals surface area contributed by atoms with Crippen LogP contribution in [0.4, 0.5) is 5.69 Å². The minimum atomic E-state index is -0.242. The van der Waals surface area contributed by atoms with Crippen molar-refractivity contribution in [2.75, 3.05) is 11.9 Å². The number of hydrogen-bond donors (Lipinski definition) is 2. The van der Waals surface area contributed by atoms with Crippen LogP contribution in [0, 0.1) is 0 Å². The maximum absolute atomic E-state index is 12.1. The van der Waals surface area contributed by atoms with Gasteiger partial charge in [-0.1, -0.05) is 22.9 Å². The van der Waals surface area contributed by atoms with E-state index in [0.29, 0.717) is 15.7 Å². The zero-order valence-corrected chi connectivity index (χ0v) is 12.2. The highest BCUT2D eigenvalue weighted by Crippen LogP contribution is 2.26. The lowest BCUT2D eigenvalue weighted by molar-refractivity contribution is 0.102. The van der Waals surface area contributed by atoms with Crippen LogP contribution in [0.3, 0.4) is 0 Å². The van der Waals surface area contributed by atoms with E-state index in [1.54, 1.807) is 24.3 Å². The molecule has 7 heteroatoms. The molecule has 0 spiro atoms. The van der Waals surface area contributed by atoms with Crippen molar-refractivity contribution in [1.82, 2.24) is 15.5 Å². The fraction of sp³-hybridized carbons (Fsp3) is 0.308. The van der Waals surface area contributed by atoms with Crippen LogP contribution in [0.5, 0.6) is 0 Å². The van der Waals surface area contributed by atoms with Gasteiger partial charge < -0.3 is 10.6 Å². The van der Waals surface area contributed by atoms with Gasteiger partial charge >= 0.3 is 0 Å². The van der Waals surface area contributed by atoms with Gasteiger partial charge in [0, 0.05) is 10.7 Å². The summed E-state index contributed by atoms with van der Waals surface area (Å²) in [5, 5.41) is 16.1. The van der Waals surface area contributed by atoms with E-state index in [4.69, 9.17) is 11.6 Å². The van der Waals surface area contributed by atoms with Crippen LogP contribution in [-0.4, -0.2) is 22.6 Å². The van der Waals surface area contributed by atoms with Crippen LogP contribution in [0.1, 0.15) is 33.7 Å². The molecule has 2 heterocycles. The fourth-order valence-corrected chi connectivity index (χ4v) is 3.05. The first-order chi connectivity index (χ1) is 9.72. The summed E-state index contributed by atoms with van der Waals surface area (Å²) in [5.41, 5.74) is 0.690. The predicted octanol–water partition coefficient (Wildman–Crippen LogP) is 2.87. The van der Waals surface area contributed by atoms with Gasteiger partial charge in [-0.15, -0.1) is 10.2 Å². The zero-order valence-electron chi connectivity index (χ0n) is 10.6. The first-order valence-electron chi connectivity index (χ1n) is 6.36. The van der Waals surface area contributed by atoms with E-state index in [1.807, 2.05) is 0 Å². The second kappa shape index (κ2) is 5.87. The predicted molar refractivity (Wildman–Crippen MR) is 79.3 cm³/mol. The summed E-state index contributed by atoms with van der Waals surface area (Å²) in [7, 11) is 0. The first kappa shape index (κ1) is 13.5. The summed E-state index contributed by atoms with van der Waals surface area (Å²) in [6, 6.07) is 7.20. The summed E-state index contributed by atoms with van der Waals surface area (Å²) >= 11 is 7.14. The van der Waals surface area contributed by atoms with Crippen molar-refractivity contribution in [2.24, 2.45) is 0 Å². The van der Waals surface area contributed by atoms with E-state index in [2.05, 4.69) is 20.8 Å². The number of carbonyl (C=O) groups excluding carboxylic acids is 1. The molecule has 0 radical (unpaired) electrons. The van der Waals surface area contributed by atoms with Gasteiger partial charge in [-0.25, -0.2) is 0 Å². The number of rotatable bonds is 3. The Bertz CT molecular complexity index is 607. The Labute approximate surface area is 125 Å². The van der Waals surface area contributed by atoms with Gasteiger partial charge in [-0.2, -0.15) is 0 Å². The number of halogens is 1. The van der Waals surface area contributed by atoms with Gasteiger partial charge in [-0.3, -0.25) is 4.79 Å². The molecule has 1 aliphatic rings. The van der Waals surface area contributed by atoms with Crippen molar-refractivity contribution in [2.45, 2.75) is 18.9 Å². The maximum Gasteiger partial charge on any atom is 0.286 e. The van der Waals surface area contributed by atoms with Crippen molar-refractivity contribution >= 4 is 34.5 Å². The average molecular weight is 309 g/mol. The second-order valence-corrected chi connectivity index (χ2v) is 6.00. The van der Waals surface area contributed by atoms with Crippen LogP contribution < -0.4 is 10.6 Å². The smallest absolute Gasteiger partial charge is 0.286 e. The molecule has 0 aliphatic carbocycles. The van der Waals surface area contributed by atoms with Crippen LogP contribution in [0.15, 0.2) is 24.3 Å². The number of hydrogen-bond acceptors (Lipinski definition) is 5. The van der Waals surface area contributed by atoms with Crippen molar-refractivity contribution in [3.05, 3.63) is 39.3 Å². The Balaban J connectivity index is 1.69. The summed E-state index contributed by atoms with van der Waals surface area (Å²) in [5.74, 6) is -0.242. The normalized spacial score (nSPS) is 18.1. The number of nitrogens with one attached hydrogen (secondary N) is 2. The number of nitrogens with zero attached hydrogens (tertiary/aromatic N) is 2. The number of anilines is 1. The molecule has 2 N–H and O–H groups in total. The first-order valence-corrected chi connectivity index (χ1v) is 7.55. The molecule has 104 valence electrons. The minimum absolute atomic E-state index is 0.240. The Morgan fingerprint density at radius 1 is 1.35 bits per heavy atom. The summed E-state index contributed by atoms with van der Waals surface area (Å²) in [6.45, 7) is 0.997. The largest absolute Gasteiger partial charge is 0.320 e. The Hall–Kier alpha value is -1.50. The molecule has 20 heavy (non-hydrogen) atoms. The molecule has 3 rings (SSSR count). The maximum atomic E-state index is 12.1. The van der Waals surface area contributed by atoms with Crippen molar-refractivity contribution in [1.29, 1.82) is 0 Å². The molecule has 0 saturated carbocycles. The monoisotopic (exact) mass is 308 g/mol. The van der Waals surface area contributed by atoms with Gasteiger partial charge in [0.05, 0.1) is 6.04 Å². The van der Waals surface area contributed by atoms with E-state index >= 15 is 0 Å². The standard InChI is InChI=1S/C13H13ClN4OS/c14-8-3-5-9(6-4-8)16-11(19)13-18-17-12(20-13)10-2-1-7-15-10/h3-6,10,15H,1-2,7H2,(H,16,19)/t10-/m1/s1. The average Bonchev–Trinajstić information content (AvgIpc) is 3.11.